The summed E-state index contributed by atoms with van der Waals surface area (Å²) in [6.45, 7) is 1.90. The molecule has 20 heavy (non-hydrogen) atoms. The Morgan fingerprint density at radius 3 is 2.90 bits per heavy atom. The maximum Gasteiger partial charge on any atom is 0.239 e. The Kier molecular flexibility index (Phi) is 3.81. The van der Waals surface area contributed by atoms with Gasteiger partial charge in [-0.05, 0) is 53.0 Å². The van der Waals surface area contributed by atoms with Crippen LogP contribution in [0.4, 0.5) is 5.82 Å². The molecule has 1 aromatic heterocycles. The summed E-state index contributed by atoms with van der Waals surface area (Å²) in [4.78, 5) is 17.8. The average molecular weight is 349 g/mol. The van der Waals surface area contributed by atoms with Crippen molar-refractivity contribution in [3.8, 4) is 0 Å². The number of thioether (sulfide) groups is 1. The number of carbonyl (C=O) groups is 1. The predicted molar refractivity (Wildman–Crippen MR) is 85.1 cm³/mol. The number of nitrogens with zero attached hydrogens (tertiary/aromatic N) is 1. The largest absolute Gasteiger partial charge is 0.310 e. The summed E-state index contributed by atoms with van der Waals surface area (Å²) in [7, 11) is 0. The topological polar surface area (TPSA) is 42.0 Å². The van der Waals surface area contributed by atoms with Crippen LogP contribution >= 0.6 is 27.7 Å². The summed E-state index contributed by atoms with van der Waals surface area (Å²) in [5.74, 6) is 0.618. The number of aromatic nitrogens is 1. The van der Waals surface area contributed by atoms with Gasteiger partial charge in [-0.3, -0.25) is 4.79 Å². The molecule has 3 nitrogen and oxygen atoms in total. The van der Waals surface area contributed by atoms with Gasteiger partial charge in [-0.2, -0.15) is 0 Å². The van der Waals surface area contributed by atoms with Crippen molar-refractivity contribution in [1.82, 2.24) is 4.98 Å². The Morgan fingerprint density at radius 1 is 1.35 bits per heavy atom. The minimum absolute atomic E-state index is 0.0143. The fraction of sp³-hybridized carbons (Fsp3) is 0.200. The summed E-state index contributed by atoms with van der Waals surface area (Å²) in [6, 6.07) is 11.9. The second kappa shape index (κ2) is 5.58. The van der Waals surface area contributed by atoms with Crippen LogP contribution in [0.5, 0.6) is 0 Å². The predicted octanol–water partition coefficient (Wildman–Crippen LogP) is 3.81. The highest BCUT2D eigenvalue weighted by atomic mass is 79.9. The number of nitrogens with one attached hydrogen (secondary N) is 1. The van der Waals surface area contributed by atoms with Crippen LogP contribution in [-0.2, 0) is 11.2 Å². The van der Waals surface area contributed by atoms with Crippen LogP contribution in [0.25, 0.3) is 0 Å². The first kappa shape index (κ1) is 13.6. The van der Waals surface area contributed by atoms with Gasteiger partial charge in [0, 0.05) is 9.37 Å². The maximum absolute atomic E-state index is 12.3. The number of pyridine rings is 1. The van der Waals surface area contributed by atoms with Gasteiger partial charge < -0.3 is 5.32 Å². The van der Waals surface area contributed by atoms with Crippen LogP contribution in [0.3, 0.4) is 0 Å². The van der Waals surface area contributed by atoms with Gasteiger partial charge >= 0.3 is 0 Å². The number of carbonyl (C=O) groups excluding carboxylic acids is 1. The van der Waals surface area contributed by atoms with E-state index in [0.29, 0.717) is 5.82 Å². The van der Waals surface area contributed by atoms with Crippen LogP contribution in [0.2, 0.25) is 0 Å². The van der Waals surface area contributed by atoms with Gasteiger partial charge in [-0.1, -0.05) is 18.2 Å². The number of hydrogen-bond acceptors (Lipinski definition) is 3. The Morgan fingerprint density at radius 2 is 2.15 bits per heavy atom. The fourth-order valence-corrected chi connectivity index (χ4v) is 3.56. The van der Waals surface area contributed by atoms with Crippen LogP contribution in [-0.4, -0.2) is 16.1 Å². The molecule has 0 radical (unpaired) electrons. The zero-order valence-corrected chi connectivity index (χ0v) is 13.3. The second-order valence-electron chi connectivity index (χ2n) is 4.67. The molecule has 0 saturated carbocycles. The minimum atomic E-state index is -0.0712. The fourth-order valence-electron chi connectivity index (χ4n) is 2.15. The van der Waals surface area contributed by atoms with E-state index in [9.17, 15) is 4.79 Å². The zero-order chi connectivity index (χ0) is 14.1. The number of hydrogen-bond donors (Lipinski definition) is 1. The summed E-state index contributed by atoms with van der Waals surface area (Å²) in [5, 5.41) is 2.82. The van der Waals surface area contributed by atoms with Crippen molar-refractivity contribution in [2.45, 2.75) is 23.5 Å². The Bertz CT molecular complexity index is 650. The molecular weight excluding hydrogens is 336 g/mol. The van der Waals surface area contributed by atoms with Crippen molar-refractivity contribution >= 4 is 39.4 Å². The molecule has 1 N–H and O–H groups in total. The van der Waals surface area contributed by atoms with E-state index in [2.05, 4.69) is 38.4 Å². The number of benzene rings is 1. The molecule has 1 atom stereocenters. The van der Waals surface area contributed by atoms with Gasteiger partial charge in [0.2, 0.25) is 5.91 Å². The van der Waals surface area contributed by atoms with Crippen LogP contribution < -0.4 is 5.32 Å². The lowest BCUT2D eigenvalue weighted by atomic mass is 10.1. The molecule has 0 fully saturated rings. The molecule has 1 aromatic carbocycles. The first-order chi connectivity index (χ1) is 9.63. The number of halogens is 1. The average Bonchev–Trinajstić information content (AvgIpc) is 2.87. The third kappa shape index (κ3) is 2.74. The minimum Gasteiger partial charge on any atom is -0.310 e. The van der Waals surface area contributed by atoms with Crippen molar-refractivity contribution < 1.29 is 4.79 Å². The molecule has 1 amide bonds. The van der Waals surface area contributed by atoms with Crippen molar-refractivity contribution in [1.29, 1.82) is 0 Å². The van der Waals surface area contributed by atoms with E-state index in [1.165, 1.54) is 10.5 Å². The SMILES string of the molecule is Cc1nc(NC(=O)C2Cc3ccccc3S2)ccc1Br. The van der Waals surface area contributed by atoms with Crippen LogP contribution in [0.15, 0.2) is 45.8 Å². The highest BCUT2D eigenvalue weighted by Crippen LogP contribution is 2.37. The summed E-state index contributed by atoms with van der Waals surface area (Å²) in [5.41, 5.74) is 2.11. The number of anilines is 1. The second-order valence-corrected chi connectivity index (χ2v) is 6.77. The molecule has 3 rings (SSSR count). The molecule has 5 heteroatoms. The van der Waals surface area contributed by atoms with Crippen LogP contribution in [0, 0.1) is 6.92 Å². The van der Waals surface area contributed by atoms with Crippen molar-refractivity contribution in [2.75, 3.05) is 5.32 Å². The Hall–Kier alpha value is -1.33. The molecule has 0 saturated heterocycles. The van der Waals surface area contributed by atoms with E-state index in [1.807, 2.05) is 31.2 Å². The van der Waals surface area contributed by atoms with Crippen LogP contribution in [0.1, 0.15) is 11.3 Å². The van der Waals surface area contributed by atoms with E-state index in [-0.39, 0.29) is 11.2 Å². The number of aryl methyl sites for hydroxylation is 1. The monoisotopic (exact) mass is 348 g/mol. The van der Waals surface area contributed by atoms with E-state index in [1.54, 1.807) is 11.8 Å². The van der Waals surface area contributed by atoms with E-state index in [4.69, 9.17) is 0 Å². The lowest BCUT2D eigenvalue weighted by Gasteiger charge is -2.10. The molecule has 1 unspecified atom stereocenters. The third-order valence-corrected chi connectivity index (χ3v) is 5.37. The third-order valence-electron chi connectivity index (χ3n) is 3.21. The van der Waals surface area contributed by atoms with E-state index in [0.717, 1.165) is 16.6 Å². The Balaban J connectivity index is 1.71. The summed E-state index contributed by atoms with van der Waals surface area (Å²) in [6.07, 6.45) is 0.780. The summed E-state index contributed by atoms with van der Waals surface area (Å²) >= 11 is 5.02. The maximum atomic E-state index is 12.3. The summed E-state index contributed by atoms with van der Waals surface area (Å²) < 4.78 is 0.943. The first-order valence-corrected chi connectivity index (χ1v) is 7.99. The molecule has 1 aliphatic heterocycles. The van der Waals surface area contributed by atoms with Gasteiger partial charge in [-0.15, -0.1) is 11.8 Å². The van der Waals surface area contributed by atoms with Crippen molar-refractivity contribution in [2.24, 2.45) is 0 Å². The van der Waals surface area contributed by atoms with Crippen molar-refractivity contribution in [3.63, 3.8) is 0 Å². The van der Waals surface area contributed by atoms with Crippen molar-refractivity contribution in [3.05, 3.63) is 52.1 Å². The van der Waals surface area contributed by atoms with E-state index < -0.39 is 0 Å². The number of fused-ring (bicyclic) bond motifs is 1. The lowest BCUT2D eigenvalue weighted by Crippen LogP contribution is -2.25. The van der Waals surface area contributed by atoms with Gasteiger partial charge in [0.05, 0.1) is 10.9 Å². The standard InChI is InChI=1S/C15H13BrN2OS/c1-9-11(16)6-7-14(17-9)18-15(19)13-8-10-4-2-3-5-12(10)20-13/h2-7,13H,8H2,1H3,(H,17,18,19). The molecule has 0 aliphatic carbocycles. The normalized spacial score (nSPS) is 16.8. The molecule has 102 valence electrons. The van der Waals surface area contributed by atoms with Gasteiger partial charge in [-0.25, -0.2) is 4.98 Å². The highest BCUT2D eigenvalue weighted by molar-refractivity contribution is 9.10. The molecule has 2 heterocycles. The molecule has 0 bridgehead atoms. The smallest absolute Gasteiger partial charge is 0.239 e. The Labute approximate surface area is 130 Å². The zero-order valence-electron chi connectivity index (χ0n) is 10.9. The first-order valence-electron chi connectivity index (χ1n) is 6.32. The lowest BCUT2D eigenvalue weighted by molar-refractivity contribution is -0.115. The molecule has 0 spiro atoms. The molecule has 2 aromatic rings. The van der Waals surface area contributed by atoms with Gasteiger partial charge in [0.1, 0.15) is 5.82 Å². The van der Waals surface area contributed by atoms with Gasteiger partial charge in [0.25, 0.3) is 0 Å². The number of amides is 1. The number of rotatable bonds is 2. The van der Waals surface area contributed by atoms with Gasteiger partial charge in [0.15, 0.2) is 0 Å². The van der Waals surface area contributed by atoms with E-state index >= 15 is 0 Å². The quantitative estimate of drug-likeness (QED) is 0.897. The highest BCUT2D eigenvalue weighted by Gasteiger charge is 2.28. The molecular formula is C15H13BrN2OS. The molecule has 1 aliphatic rings.